The number of benzene rings is 1. The van der Waals surface area contributed by atoms with Crippen LogP contribution in [0.15, 0.2) is 24.8 Å². The lowest BCUT2D eigenvalue weighted by Crippen LogP contribution is -2.76. The molecular weight excluding hydrogens is 362 g/mol. The van der Waals surface area contributed by atoms with Gasteiger partial charge in [0.15, 0.2) is 23.4 Å². The fraction of sp³-hybridized carbons (Fsp3) is 0.524. The van der Waals surface area contributed by atoms with Crippen molar-refractivity contribution in [2.24, 2.45) is 0 Å². The number of likely N-dealkylation sites (tertiary alicyclic amines) is 1. The van der Waals surface area contributed by atoms with E-state index in [1.807, 2.05) is 13.1 Å². The van der Waals surface area contributed by atoms with Crippen LogP contribution in [-0.4, -0.2) is 59.9 Å². The summed E-state index contributed by atoms with van der Waals surface area (Å²) in [5.74, 6) is 0.621. The molecule has 4 aliphatic rings. The van der Waals surface area contributed by atoms with Gasteiger partial charge in [0, 0.05) is 18.0 Å². The van der Waals surface area contributed by atoms with Gasteiger partial charge in [0.1, 0.15) is 6.61 Å². The van der Waals surface area contributed by atoms with Crippen LogP contribution in [0.5, 0.6) is 11.5 Å². The number of rotatable bonds is 3. The second kappa shape index (κ2) is 5.81. The molecule has 2 fully saturated rings. The Kier molecular flexibility index (Phi) is 3.67. The van der Waals surface area contributed by atoms with E-state index in [4.69, 9.17) is 14.2 Å². The highest BCUT2D eigenvalue weighted by molar-refractivity contribution is 5.90. The lowest BCUT2D eigenvalue weighted by Gasteiger charge is -2.61. The largest absolute Gasteiger partial charge is 0.514 e. The lowest BCUT2D eigenvalue weighted by molar-refractivity contribution is -0.185. The van der Waals surface area contributed by atoms with E-state index in [9.17, 15) is 14.7 Å². The minimum atomic E-state index is -1.04. The number of hydrogen-bond donors (Lipinski definition) is 1. The first-order valence-electron chi connectivity index (χ1n) is 9.66. The van der Waals surface area contributed by atoms with Crippen molar-refractivity contribution in [3.8, 4) is 11.5 Å². The summed E-state index contributed by atoms with van der Waals surface area (Å²) >= 11 is 0. The van der Waals surface area contributed by atoms with Gasteiger partial charge in [-0.05, 0) is 44.5 Å². The van der Waals surface area contributed by atoms with Crippen LogP contribution in [0, 0.1) is 0 Å². The molecule has 1 unspecified atom stereocenters. The van der Waals surface area contributed by atoms with E-state index in [0.29, 0.717) is 25.0 Å². The molecule has 2 heterocycles. The molecule has 1 saturated carbocycles. The highest BCUT2D eigenvalue weighted by Crippen LogP contribution is 2.64. The zero-order chi connectivity index (χ0) is 19.7. The Morgan fingerprint density at radius 1 is 1.46 bits per heavy atom. The molecule has 0 amide bonds. The van der Waals surface area contributed by atoms with Crippen LogP contribution in [0.2, 0.25) is 0 Å². The minimum absolute atomic E-state index is 0.00258. The van der Waals surface area contributed by atoms with Gasteiger partial charge in [-0.25, -0.2) is 4.79 Å². The van der Waals surface area contributed by atoms with Crippen molar-refractivity contribution in [1.82, 2.24) is 4.90 Å². The average molecular weight is 385 g/mol. The Balaban J connectivity index is 1.65. The van der Waals surface area contributed by atoms with Crippen molar-refractivity contribution < 1.29 is 28.9 Å². The van der Waals surface area contributed by atoms with Crippen LogP contribution in [0.3, 0.4) is 0 Å². The van der Waals surface area contributed by atoms with Crippen LogP contribution < -0.4 is 9.47 Å². The number of likely N-dealkylation sites (N-methyl/N-ethyl adjacent to an activating group) is 1. The summed E-state index contributed by atoms with van der Waals surface area (Å²) in [7, 11) is 2.02. The molecule has 7 nitrogen and oxygen atoms in total. The zero-order valence-electron chi connectivity index (χ0n) is 15.8. The van der Waals surface area contributed by atoms with Gasteiger partial charge in [-0.2, -0.15) is 0 Å². The molecule has 5 rings (SSSR count). The molecule has 1 saturated heterocycles. The van der Waals surface area contributed by atoms with E-state index < -0.39 is 23.3 Å². The maximum atomic E-state index is 12.8. The highest BCUT2D eigenvalue weighted by atomic mass is 16.7. The van der Waals surface area contributed by atoms with Crippen molar-refractivity contribution in [3.05, 3.63) is 35.9 Å². The standard InChI is InChI=1S/C21H23NO6/c1-3-10-26-19(24)27-14-5-4-12-11-15-21(25)7-6-13(23)18-20(21,8-9-22(15)2)16(12)17(14)28-18/h3-5,15,18,25H,1,6-11H2,2H3/t15-,18+,20+,21?/m1/s1. The van der Waals surface area contributed by atoms with E-state index in [0.717, 1.165) is 17.7 Å². The Labute approximate surface area is 162 Å². The number of nitrogens with zero attached hydrogens (tertiary/aromatic N) is 1. The third kappa shape index (κ3) is 2.01. The summed E-state index contributed by atoms with van der Waals surface area (Å²) in [4.78, 5) is 27.0. The predicted molar refractivity (Wildman–Crippen MR) is 98.6 cm³/mol. The van der Waals surface area contributed by atoms with Crippen molar-refractivity contribution >= 4 is 11.9 Å². The number of hydrogen-bond acceptors (Lipinski definition) is 7. The monoisotopic (exact) mass is 385 g/mol. The van der Waals surface area contributed by atoms with Gasteiger partial charge < -0.3 is 24.2 Å². The van der Waals surface area contributed by atoms with Gasteiger partial charge >= 0.3 is 6.16 Å². The normalized spacial score (nSPS) is 35.0. The van der Waals surface area contributed by atoms with Crippen LogP contribution >= 0.6 is 0 Å². The SMILES string of the molecule is C=CCOC(=O)Oc1ccc2c3c1O[C@H]1C(=O)CCC4(O)[C@@H](C2)N(C)CC[C@]314. The summed E-state index contributed by atoms with van der Waals surface area (Å²) < 4.78 is 16.4. The molecule has 1 aromatic rings. The second-order valence-electron chi connectivity index (χ2n) is 8.19. The zero-order valence-corrected chi connectivity index (χ0v) is 15.8. The lowest BCUT2D eigenvalue weighted by atomic mass is 9.49. The average Bonchev–Trinajstić information content (AvgIpc) is 3.03. The molecule has 0 aromatic heterocycles. The Morgan fingerprint density at radius 2 is 2.29 bits per heavy atom. The Hall–Kier alpha value is -2.38. The topological polar surface area (TPSA) is 85.3 Å². The molecule has 2 aliphatic heterocycles. The van der Waals surface area contributed by atoms with E-state index >= 15 is 0 Å². The molecule has 1 N–H and O–H groups in total. The van der Waals surface area contributed by atoms with E-state index in [-0.39, 0.29) is 30.6 Å². The summed E-state index contributed by atoms with van der Waals surface area (Å²) in [6, 6.07) is 3.53. The molecule has 2 bridgehead atoms. The number of carbonyl (C=O) groups is 2. The summed E-state index contributed by atoms with van der Waals surface area (Å²) in [6.07, 6.45) is 1.85. The van der Waals surface area contributed by atoms with E-state index in [1.54, 1.807) is 6.07 Å². The summed E-state index contributed by atoms with van der Waals surface area (Å²) in [5, 5.41) is 11.9. The van der Waals surface area contributed by atoms with Crippen LogP contribution in [0.4, 0.5) is 4.79 Å². The summed E-state index contributed by atoms with van der Waals surface area (Å²) in [6.45, 7) is 4.31. The van der Waals surface area contributed by atoms with Crippen LogP contribution in [-0.2, 0) is 21.4 Å². The third-order valence-corrected chi connectivity index (χ3v) is 7.02. The maximum absolute atomic E-state index is 12.8. The predicted octanol–water partition coefficient (Wildman–Crippen LogP) is 1.74. The van der Waals surface area contributed by atoms with Crippen LogP contribution in [0.25, 0.3) is 0 Å². The van der Waals surface area contributed by atoms with Gasteiger partial charge in [-0.3, -0.25) is 4.79 Å². The van der Waals surface area contributed by atoms with Crippen LogP contribution in [0.1, 0.15) is 30.4 Å². The van der Waals surface area contributed by atoms with Gasteiger partial charge in [0.2, 0.25) is 0 Å². The minimum Gasteiger partial charge on any atom is -0.477 e. The quantitative estimate of drug-likeness (QED) is 0.482. The number of aliphatic hydroxyl groups is 1. The number of ether oxygens (including phenoxy) is 3. The second-order valence-corrected chi connectivity index (χ2v) is 8.19. The van der Waals surface area contributed by atoms with E-state index in [1.165, 1.54) is 6.08 Å². The number of ketones is 1. The van der Waals surface area contributed by atoms with Gasteiger partial charge in [0.05, 0.1) is 11.0 Å². The number of piperidine rings is 1. The van der Waals surface area contributed by atoms with Gasteiger partial charge in [-0.1, -0.05) is 18.7 Å². The molecule has 7 heteroatoms. The van der Waals surface area contributed by atoms with Crippen molar-refractivity contribution in [3.63, 3.8) is 0 Å². The van der Waals surface area contributed by atoms with E-state index in [2.05, 4.69) is 11.5 Å². The Morgan fingerprint density at radius 3 is 3.07 bits per heavy atom. The first-order chi connectivity index (χ1) is 13.4. The molecular formula is C21H23NO6. The van der Waals surface area contributed by atoms with Crippen molar-refractivity contribution in [2.75, 3.05) is 20.2 Å². The number of carbonyl (C=O) groups excluding carboxylic acids is 2. The van der Waals surface area contributed by atoms with Crippen molar-refractivity contribution in [1.29, 1.82) is 0 Å². The molecule has 148 valence electrons. The summed E-state index contributed by atoms with van der Waals surface area (Å²) in [5.41, 5.74) is 0.0534. The van der Waals surface area contributed by atoms with Crippen molar-refractivity contribution in [2.45, 2.75) is 48.8 Å². The molecule has 2 aliphatic carbocycles. The maximum Gasteiger partial charge on any atom is 0.514 e. The molecule has 1 spiro atoms. The third-order valence-electron chi connectivity index (χ3n) is 7.02. The number of Topliss-reactive ketones (excluding diaryl/α,β-unsaturated/α-hetero) is 1. The fourth-order valence-corrected chi connectivity index (χ4v) is 5.85. The van der Waals surface area contributed by atoms with Gasteiger partial charge in [0.25, 0.3) is 0 Å². The Bertz CT molecular complexity index is 897. The van der Waals surface area contributed by atoms with Gasteiger partial charge in [-0.15, -0.1) is 0 Å². The molecule has 0 radical (unpaired) electrons. The highest BCUT2D eigenvalue weighted by Gasteiger charge is 2.72. The molecule has 1 aromatic carbocycles. The first kappa shape index (κ1) is 17.7. The fourth-order valence-electron chi connectivity index (χ4n) is 5.85. The molecule has 28 heavy (non-hydrogen) atoms. The molecule has 4 atom stereocenters. The smallest absolute Gasteiger partial charge is 0.477 e. The first-order valence-corrected chi connectivity index (χ1v) is 9.66.